The molecule has 3 aromatic rings. The zero-order valence-electron chi connectivity index (χ0n) is 14.1. The summed E-state index contributed by atoms with van der Waals surface area (Å²) in [4.78, 5) is 4.25. The molecule has 0 spiro atoms. The van der Waals surface area contributed by atoms with Crippen molar-refractivity contribution >= 4 is 0 Å². The van der Waals surface area contributed by atoms with E-state index >= 15 is 0 Å². The number of aliphatic hydroxyl groups is 1. The molecule has 1 unspecified atom stereocenters. The van der Waals surface area contributed by atoms with Crippen LogP contribution in [0, 0.1) is 0 Å². The van der Waals surface area contributed by atoms with Gasteiger partial charge in [0.25, 0.3) is 0 Å². The van der Waals surface area contributed by atoms with Gasteiger partial charge in [-0.3, -0.25) is 4.98 Å². The maximum Gasteiger partial charge on any atom is 0.161 e. The van der Waals surface area contributed by atoms with Crippen molar-refractivity contribution < 1.29 is 14.6 Å². The van der Waals surface area contributed by atoms with Crippen molar-refractivity contribution in [1.82, 2.24) is 4.98 Å². The van der Waals surface area contributed by atoms with E-state index in [0.717, 1.165) is 16.8 Å². The molecule has 0 aliphatic rings. The van der Waals surface area contributed by atoms with Crippen LogP contribution in [0.4, 0.5) is 0 Å². The predicted molar refractivity (Wildman–Crippen MR) is 96.7 cm³/mol. The van der Waals surface area contributed by atoms with E-state index in [0.29, 0.717) is 24.5 Å². The van der Waals surface area contributed by atoms with E-state index < -0.39 is 6.10 Å². The second-order valence-corrected chi connectivity index (χ2v) is 5.73. The summed E-state index contributed by atoms with van der Waals surface area (Å²) in [5, 5.41) is 10.5. The van der Waals surface area contributed by atoms with E-state index in [2.05, 4.69) is 4.98 Å². The lowest BCUT2D eigenvalue weighted by atomic mass is 10.0. The highest BCUT2D eigenvalue weighted by Crippen LogP contribution is 2.31. The van der Waals surface area contributed by atoms with Crippen LogP contribution in [0.2, 0.25) is 0 Å². The largest absolute Gasteiger partial charge is 0.493 e. The van der Waals surface area contributed by atoms with Gasteiger partial charge < -0.3 is 14.6 Å². The highest BCUT2D eigenvalue weighted by Gasteiger charge is 2.13. The molecule has 0 saturated heterocycles. The predicted octanol–water partition coefficient (Wildman–Crippen LogP) is 3.95. The fourth-order valence-corrected chi connectivity index (χ4v) is 2.58. The van der Waals surface area contributed by atoms with Gasteiger partial charge in [0.05, 0.1) is 13.2 Å². The van der Waals surface area contributed by atoms with Gasteiger partial charge in [0.1, 0.15) is 6.61 Å². The van der Waals surface area contributed by atoms with Crippen molar-refractivity contribution in [2.45, 2.75) is 19.1 Å². The summed E-state index contributed by atoms with van der Waals surface area (Å²) >= 11 is 0. The zero-order chi connectivity index (χ0) is 17.5. The molecule has 1 heterocycles. The van der Waals surface area contributed by atoms with Crippen LogP contribution in [0.15, 0.2) is 72.9 Å². The number of aromatic nitrogens is 1. The van der Waals surface area contributed by atoms with Crippen LogP contribution in [0.3, 0.4) is 0 Å². The molecular weight excluding hydrogens is 314 g/mol. The average molecular weight is 335 g/mol. The molecule has 4 heteroatoms. The Morgan fingerprint density at radius 1 is 0.960 bits per heavy atom. The van der Waals surface area contributed by atoms with E-state index in [1.54, 1.807) is 13.3 Å². The van der Waals surface area contributed by atoms with Gasteiger partial charge in [-0.15, -0.1) is 0 Å². The van der Waals surface area contributed by atoms with Crippen molar-refractivity contribution in [2.24, 2.45) is 0 Å². The lowest BCUT2D eigenvalue weighted by Gasteiger charge is -2.15. The van der Waals surface area contributed by atoms with E-state index in [1.165, 1.54) is 0 Å². The second kappa shape index (κ2) is 8.31. The third-order valence-corrected chi connectivity index (χ3v) is 3.94. The molecule has 0 bridgehead atoms. The molecule has 4 nitrogen and oxygen atoms in total. The number of pyridine rings is 1. The lowest BCUT2D eigenvalue weighted by molar-refractivity contribution is 0.176. The second-order valence-electron chi connectivity index (χ2n) is 5.73. The van der Waals surface area contributed by atoms with Crippen molar-refractivity contribution in [3.05, 3.63) is 89.7 Å². The van der Waals surface area contributed by atoms with Gasteiger partial charge >= 0.3 is 0 Å². The Labute approximate surface area is 147 Å². The maximum atomic E-state index is 10.5. The molecule has 0 aliphatic carbocycles. The Morgan fingerprint density at radius 3 is 2.48 bits per heavy atom. The van der Waals surface area contributed by atoms with Crippen LogP contribution in [0.5, 0.6) is 11.5 Å². The van der Waals surface area contributed by atoms with Crippen LogP contribution >= 0.6 is 0 Å². The monoisotopic (exact) mass is 335 g/mol. The van der Waals surface area contributed by atoms with Gasteiger partial charge in [-0.2, -0.15) is 0 Å². The Morgan fingerprint density at radius 2 is 1.76 bits per heavy atom. The Hall–Kier alpha value is -2.85. The summed E-state index contributed by atoms with van der Waals surface area (Å²) in [5.74, 6) is 1.26. The molecular formula is C21H21NO3. The van der Waals surface area contributed by atoms with Crippen molar-refractivity contribution in [2.75, 3.05) is 7.11 Å². The number of nitrogens with zero attached hydrogens (tertiary/aromatic N) is 1. The summed E-state index contributed by atoms with van der Waals surface area (Å²) in [7, 11) is 1.60. The highest BCUT2D eigenvalue weighted by atomic mass is 16.5. The molecule has 0 saturated carbocycles. The minimum absolute atomic E-state index is 0.453. The number of aliphatic hydroxyl groups excluding tert-OH is 1. The molecule has 0 aliphatic heterocycles. The van der Waals surface area contributed by atoms with Crippen molar-refractivity contribution in [3.63, 3.8) is 0 Å². The van der Waals surface area contributed by atoms with Crippen LogP contribution in [0.1, 0.15) is 22.9 Å². The topological polar surface area (TPSA) is 51.6 Å². The lowest BCUT2D eigenvalue weighted by Crippen LogP contribution is -2.04. The SMILES string of the molecule is COc1cc(C(O)Cc2ccccn2)ccc1OCc1ccccc1. The molecule has 1 aromatic heterocycles. The standard InChI is InChI=1S/C21H21NO3/c1-24-21-13-17(19(23)14-18-9-5-6-12-22-18)10-11-20(21)25-15-16-7-3-2-4-8-16/h2-13,19,23H,14-15H2,1H3. The first-order chi connectivity index (χ1) is 12.3. The first-order valence-corrected chi connectivity index (χ1v) is 8.19. The first kappa shape index (κ1) is 17.0. The maximum absolute atomic E-state index is 10.5. The number of rotatable bonds is 7. The number of benzene rings is 2. The van der Waals surface area contributed by atoms with Gasteiger partial charge in [-0.05, 0) is 35.4 Å². The van der Waals surface area contributed by atoms with E-state index in [1.807, 2.05) is 66.7 Å². The molecule has 0 radical (unpaired) electrons. The summed E-state index contributed by atoms with van der Waals surface area (Å²) < 4.78 is 11.3. The van der Waals surface area contributed by atoms with Gasteiger partial charge in [0.15, 0.2) is 11.5 Å². The van der Waals surface area contributed by atoms with E-state index in [-0.39, 0.29) is 0 Å². The molecule has 128 valence electrons. The number of methoxy groups -OCH3 is 1. The Kier molecular flexibility index (Phi) is 5.65. The van der Waals surface area contributed by atoms with Gasteiger partial charge in [-0.25, -0.2) is 0 Å². The fraction of sp³-hybridized carbons (Fsp3) is 0.190. The zero-order valence-corrected chi connectivity index (χ0v) is 14.1. The minimum atomic E-state index is -0.646. The van der Waals surface area contributed by atoms with Gasteiger partial charge in [-0.1, -0.05) is 42.5 Å². The molecule has 2 aromatic carbocycles. The van der Waals surface area contributed by atoms with Gasteiger partial charge in [0.2, 0.25) is 0 Å². The van der Waals surface area contributed by atoms with E-state index in [9.17, 15) is 5.11 Å². The molecule has 1 N–H and O–H groups in total. The Balaban J connectivity index is 1.70. The highest BCUT2D eigenvalue weighted by molar-refractivity contribution is 5.44. The quantitative estimate of drug-likeness (QED) is 0.710. The van der Waals surface area contributed by atoms with Gasteiger partial charge in [0, 0.05) is 18.3 Å². The van der Waals surface area contributed by atoms with Crippen LogP contribution < -0.4 is 9.47 Å². The first-order valence-electron chi connectivity index (χ1n) is 8.19. The van der Waals surface area contributed by atoms with Crippen LogP contribution in [0.25, 0.3) is 0 Å². The number of hydrogen-bond acceptors (Lipinski definition) is 4. The van der Waals surface area contributed by atoms with Crippen LogP contribution in [-0.2, 0) is 13.0 Å². The number of hydrogen-bond donors (Lipinski definition) is 1. The molecule has 0 fully saturated rings. The fourth-order valence-electron chi connectivity index (χ4n) is 2.58. The molecule has 0 amide bonds. The third kappa shape index (κ3) is 4.58. The minimum Gasteiger partial charge on any atom is -0.493 e. The summed E-state index contributed by atoms with van der Waals surface area (Å²) in [5.41, 5.74) is 2.71. The summed E-state index contributed by atoms with van der Waals surface area (Å²) in [6, 6.07) is 21.1. The van der Waals surface area contributed by atoms with Crippen molar-refractivity contribution in [3.8, 4) is 11.5 Å². The Bertz CT molecular complexity index is 791. The van der Waals surface area contributed by atoms with E-state index in [4.69, 9.17) is 9.47 Å². The van der Waals surface area contributed by atoms with Crippen molar-refractivity contribution in [1.29, 1.82) is 0 Å². The number of ether oxygens (including phenoxy) is 2. The summed E-state index contributed by atoms with van der Waals surface area (Å²) in [6.45, 7) is 0.465. The van der Waals surface area contributed by atoms with Crippen LogP contribution in [-0.4, -0.2) is 17.2 Å². The smallest absolute Gasteiger partial charge is 0.161 e. The normalized spacial score (nSPS) is 11.8. The molecule has 1 atom stereocenters. The summed E-state index contributed by atoms with van der Waals surface area (Å²) in [6.07, 6.45) is 1.53. The molecule has 25 heavy (non-hydrogen) atoms. The third-order valence-electron chi connectivity index (χ3n) is 3.94. The average Bonchev–Trinajstić information content (AvgIpc) is 2.67. The molecule has 3 rings (SSSR count).